The van der Waals surface area contributed by atoms with Gasteiger partial charge < -0.3 is 15.4 Å². The van der Waals surface area contributed by atoms with Gasteiger partial charge in [-0.1, -0.05) is 12.1 Å². The van der Waals surface area contributed by atoms with Gasteiger partial charge in [-0.25, -0.2) is 0 Å². The first kappa shape index (κ1) is 13.5. The van der Waals surface area contributed by atoms with E-state index < -0.39 is 0 Å². The van der Waals surface area contributed by atoms with E-state index in [9.17, 15) is 4.79 Å². The molecule has 4 nitrogen and oxygen atoms in total. The standard InChI is InChI=1S/C13H20N2O2/c1-4-14-13(16)10(2)15-9-11-6-5-7-12(8-11)17-3/h5-8,10,15H,4,9H2,1-3H3,(H,14,16). The van der Waals surface area contributed by atoms with E-state index in [-0.39, 0.29) is 11.9 Å². The molecule has 1 amide bonds. The molecule has 1 rings (SSSR count). The third-order valence-corrected chi connectivity index (χ3v) is 2.49. The average molecular weight is 236 g/mol. The van der Waals surface area contributed by atoms with Crippen molar-refractivity contribution in [2.75, 3.05) is 13.7 Å². The molecule has 0 spiro atoms. The van der Waals surface area contributed by atoms with Gasteiger partial charge in [-0.05, 0) is 31.5 Å². The van der Waals surface area contributed by atoms with Gasteiger partial charge in [-0.3, -0.25) is 4.79 Å². The molecule has 0 bridgehead atoms. The smallest absolute Gasteiger partial charge is 0.236 e. The molecule has 0 aliphatic carbocycles. The predicted molar refractivity (Wildman–Crippen MR) is 68.0 cm³/mol. The van der Waals surface area contributed by atoms with E-state index in [0.29, 0.717) is 13.1 Å². The van der Waals surface area contributed by atoms with Crippen LogP contribution >= 0.6 is 0 Å². The first-order valence-electron chi connectivity index (χ1n) is 5.81. The largest absolute Gasteiger partial charge is 0.497 e. The molecule has 0 aromatic heterocycles. The molecule has 0 heterocycles. The van der Waals surface area contributed by atoms with Crippen molar-refractivity contribution in [2.45, 2.75) is 26.4 Å². The van der Waals surface area contributed by atoms with Crippen molar-refractivity contribution in [1.82, 2.24) is 10.6 Å². The van der Waals surface area contributed by atoms with E-state index in [1.165, 1.54) is 0 Å². The summed E-state index contributed by atoms with van der Waals surface area (Å²) in [4.78, 5) is 11.5. The zero-order chi connectivity index (χ0) is 12.7. The molecular weight excluding hydrogens is 216 g/mol. The fourth-order valence-electron chi connectivity index (χ4n) is 1.47. The topological polar surface area (TPSA) is 50.4 Å². The second kappa shape index (κ2) is 6.91. The summed E-state index contributed by atoms with van der Waals surface area (Å²) in [5.74, 6) is 0.852. The molecule has 1 atom stereocenters. The highest BCUT2D eigenvalue weighted by atomic mass is 16.5. The monoisotopic (exact) mass is 236 g/mol. The van der Waals surface area contributed by atoms with Gasteiger partial charge in [0.05, 0.1) is 13.2 Å². The maximum atomic E-state index is 11.5. The summed E-state index contributed by atoms with van der Waals surface area (Å²) in [6.45, 7) is 5.07. The minimum Gasteiger partial charge on any atom is -0.497 e. The fraction of sp³-hybridized carbons (Fsp3) is 0.462. The summed E-state index contributed by atoms with van der Waals surface area (Å²) in [6.07, 6.45) is 0. The van der Waals surface area contributed by atoms with Crippen LogP contribution in [0.5, 0.6) is 5.75 Å². The number of methoxy groups -OCH3 is 1. The van der Waals surface area contributed by atoms with Crippen molar-refractivity contribution in [3.8, 4) is 5.75 Å². The minimum absolute atomic E-state index is 0.0235. The van der Waals surface area contributed by atoms with Gasteiger partial charge in [0.2, 0.25) is 5.91 Å². The van der Waals surface area contributed by atoms with Crippen molar-refractivity contribution in [3.05, 3.63) is 29.8 Å². The Morgan fingerprint density at radius 3 is 2.88 bits per heavy atom. The average Bonchev–Trinajstić information content (AvgIpc) is 2.36. The summed E-state index contributed by atoms with van der Waals surface area (Å²) >= 11 is 0. The van der Waals surface area contributed by atoms with Crippen LogP contribution in [0.15, 0.2) is 24.3 Å². The molecule has 0 radical (unpaired) electrons. The number of carbonyl (C=O) groups excluding carboxylic acids is 1. The predicted octanol–water partition coefficient (Wildman–Crippen LogP) is 1.31. The number of ether oxygens (including phenoxy) is 1. The lowest BCUT2D eigenvalue weighted by atomic mass is 10.2. The SMILES string of the molecule is CCNC(=O)C(C)NCc1cccc(OC)c1. The van der Waals surface area contributed by atoms with Crippen LogP contribution in [0.2, 0.25) is 0 Å². The highest BCUT2D eigenvalue weighted by Crippen LogP contribution is 2.12. The Morgan fingerprint density at radius 2 is 2.24 bits per heavy atom. The molecule has 4 heteroatoms. The first-order chi connectivity index (χ1) is 8.17. The normalized spacial score (nSPS) is 11.9. The number of rotatable bonds is 6. The molecule has 0 saturated carbocycles. The maximum absolute atomic E-state index is 11.5. The van der Waals surface area contributed by atoms with Crippen molar-refractivity contribution >= 4 is 5.91 Å². The highest BCUT2D eigenvalue weighted by molar-refractivity contribution is 5.81. The van der Waals surface area contributed by atoms with Gasteiger partial charge >= 0.3 is 0 Å². The van der Waals surface area contributed by atoms with Crippen LogP contribution in [0.4, 0.5) is 0 Å². The Kier molecular flexibility index (Phi) is 5.49. The molecule has 0 aliphatic heterocycles. The molecule has 1 aromatic rings. The number of carbonyl (C=O) groups is 1. The number of hydrogen-bond donors (Lipinski definition) is 2. The third kappa shape index (κ3) is 4.44. The Morgan fingerprint density at radius 1 is 1.47 bits per heavy atom. The number of amides is 1. The summed E-state index contributed by atoms with van der Waals surface area (Å²) < 4.78 is 5.14. The Bertz CT molecular complexity index is 366. The Hall–Kier alpha value is -1.55. The number of benzene rings is 1. The number of nitrogens with one attached hydrogen (secondary N) is 2. The Balaban J connectivity index is 2.46. The van der Waals surface area contributed by atoms with Crippen LogP contribution in [-0.2, 0) is 11.3 Å². The summed E-state index contributed by atoms with van der Waals surface area (Å²) in [7, 11) is 1.64. The zero-order valence-electron chi connectivity index (χ0n) is 10.6. The van der Waals surface area contributed by atoms with Crippen LogP contribution in [0.25, 0.3) is 0 Å². The first-order valence-corrected chi connectivity index (χ1v) is 5.81. The van der Waals surface area contributed by atoms with Crippen LogP contribution in [0, 0.1) is 0 Å². The van der Waals surface area contributed by atoms with Gasteiger partial charge in [-0.2, -0.15) is 0 Å². The van der Waals surface area contributed by atoms with Gasteiger partial charge in [0.1, 0.15) is 5.75 Å². The number of hydrogen-bond acceptors (Lipinski definition) is 3. The molecule has 2 N–H and O–H groups in total. The molecule has 94 valence electrons. The van der Waals surface area contributed by atoms with Crippen molar-refractivity contribution < 1.29 is 9.53 Å². The van der Waals surface area contributed by atoms with E-state index in [4.69, 9.17) is 4.74 Å². The molecule has 17 heavy (non-hydrogen) atoms. The second-order valence-corrected chi connectivity index (χ2v) is 3.85. The molecular formula is C13H20N2O2. The summed E-state index contributed by atoms with van der Waals surface area (Å²) in [5.41, 5.74) is 1.10. The van der Waals surface area contributed by atoms with Gasteiger partial charge in [0, 0.05) is 13.1 Å². The van der Waals surface area contributed by atoms with E-state index in [2.05, 4.69) is 10.6 Å². The quantitative estimate of drug-likeness (QED) is 0.783. The highest BCUT2D eigenvalue weighted by Gasteiger charge is 2.10. The molecule has 0 fully saturated rings. The van der Waals surface area contributed by atoms with Gasteiger partial charge in [0.15, 0.2) is 0 Å². The lowest BCUT2D eigenvalue weighted by molar-refractivity contribution is -0.122. The van der Waals surface area contributed by atoms with Gasteiger partial charge in [-0.15, -0.1) is 0 Å². The van der Waals surface area contributed by atoms with Crippen LogP contribution in [0.1, 0.15) is 19.4 Å². The Labute approximate surface area is 102 Å². The van der Waals surface area contributed by atoms with E-state index in [0.717, 1.165) is 11.3 Å². The summed E-state index contributed by atoms with van der Waals surface area (Å²) in [6, 6.07) is 7.60. The molecule has 1 unspecified atom stereocenters. The van der Waals surface area contributed by atoms with Crippen LogP contribution in [0.3, 0.4) is 0 Å². The third-order valence-electron chi connectivity index (χ3n) is 2.49. The van der Waals surface area contributed by atoms with Gasteiger partial charge in [0.25, 0.3) is 0 Å². The maximum Gasteiger partial charge on any atom is 0.236 e. The van der Waals surface area contributed by atoms with E-state index in [1.807, 2.05) is 38.1 Å². The molecule has 0 aliphatic rings. The zero-order valence-corrected chi connectivity index (χ0v) is 10.6. The second-order valence-electron chi connectivity index (χ2n) is 3.85. The number of likely N-dealkylation sites (N-methyl/N-ethyl adjacent to an activating group) is 1. The van der Waals surface area contributed by atoms with Crippen molar-refractivity contribution in [1.29, 1.82) is 0 Å². The van der Waals surface area contributed by atoms with Crippen LogP contribution in [-0.4, -0.2) is 25.6 Å². The van der Waals surface area contributed by atoms with Crippen molar-refractivity contribution in [2.24, 2.45) is 0 Å². The lowest BCUT2D eigenvalue weighted by Crippen LogP contribution is -2.41. The summed E-state index contributed by atoms with van der Waals surface area (Å²) in [5, 5.41) is 5.95. The minimum atomic E-state index is -0.193. The van der Waals surface area contributed by atoms with E-state index in [1.54, 1.807) is 7.11 Å². The van der Waals surface area contributed by atoms with Crippen LogP contribution < -0.4 is 15.4 Å². The van der Waals surface area contributed by atoms with Crippen molar-refractivity contribution in [3.63, 3.8) is 0 Å². The van der Waals surface area contributed by atoms with E-state index >= 15 is 0 Å². The molecule has 0 saturated heterocycles. The fourth-order valence-corrected chi connectivity index (χ4v) is 1.47. The molecule has 1 aromatic carbocycles. The lowest BCUT2D eigenvalue weighted by Gasteiger charge is -2.13.